The summed E-state index contributed by atoms with van der Waals surface area (Å²) in [5.74, 6) is -1.30. The van der Waals surface area contributed by atoms with Crippen LogP contribution in [0.2, 0.25) is 0 Å². The summed E-state index contributed by atoms with van der Waals surface area (Å²) >= 11 is 0. The van der Waals surface area contributed by atoms with Crippen LogP contribution >= 0.6 is 0 Å². The molecule has 1 fully saturated rings. The molecule has 1 aromatic carbocycles. The largest absolute Gasteiger partial charge is 0.455 e. The van der Waals surface area contributed by atoms with Crippen LogP contribution < -0.4 is 11.1 Å². The lowest BCUT2D eigenvalue weighted by molar-refractivity contribution is -0.151. The highest BCUT2D eigenvalue weighted by Gasteiger charge is 2.24. The molecule has 2 amide bonds. The first-order valence-corrected chi connectivity index (χ1v) is 6.92. The van der Waals surface area contributed by atoms with E-state index >= 15 is 0 Å². The van der Waals surface area contributed by atoms with Crippen molar-refractivity contribution in [2.75, 3.05) is 11.9 Å². The van der Waals surface area contributed by atoms with E-state index in [0.717, 1.165) is 25.7 Å². The molecule has 6 nitrogen and oxygen atoms in total. The number of primary amides is 1. The monoisotopic (exact) mass is 290 g/mol. The Labute approximate surface area is 122 Å². The lowest BCUT2D eigenvalue weighted by Crippen LogP contribution is -2.23. The van der Waals surface area contributed by atoms with Gasteiger partial charge in [-0.25, -0.2) is 0 Å². The first-order valence-electron chi connectivity index (χ1n) is 6.92. The fourth-order valence-electron chi connectivity index (χ4n) is 2.33. The zero-order valence-electron chi connectivity index (χ0n) is 11.6. The molecule has 112 valence electrons. The molecule has 0 heterocycles. The van der Waals surface area contributed by atoms with Gasteiger partial charge in [0, 0.05) is 11.3 Å². The highest BCUT2D eigenvalue weighted by Crippen LogP contribution is 2.25. The molecule has 0 radical (unpaired) electrons. The molecule has 0 saturated heterocycles. The second-order valence-electron chi connectivity index (χ2n) is 5.08. The molecule has 0 unspecified atom stereocenters. The zero-order chi connectivity index (χ0) is 15.2. The highest BCUT2D eigenvalue weighted by atomic mass is 16.5. The molecule has 6 heteroatoms. The summed E-state index contributed by atoms with van der Waals surface area (Å²) in [5, 5.41) is 2.59. The molecule has 0 bridgehead atoms. The Bertz CT molecular complexity index is 533. The van der Waals surface area contributed by atoms with Crippen molar-refractivity contribution in [3.05, 3.63) is 29.8 Å². The number of carbonyl (C=O) groups is 3. The van der Waals surface area contributed by atoms with Crippen molar-refractivity contribution in [2.45, 2.75) is 25.7 Å². The minimum absolute atomic E-state index is 0.0624. The van der Waals surface area contributed by atoms with Crippen LogP contribution in [-0.4, -0.2) is 24.4 Å². The fourth-order valence-corrected chi connectivity index (χ4v) is 2.33. The van der Waals surface area contributed by atoms with Crippen molar-refractivity contribution in [2.24, 2.45) is 11.7 Å². The number of carbonyl (C=O) groups excluding carboxylic acids is 3. The molecule has 0 spiro atoms. The summed E-state index contributed by atoms with van der Waals surface area (Å²) < 4.78 is 5.00. The number of nitrogens with one attached hydrogen (secondary N) is 1. The standard InChI is InChI=1S/C15H18N2O4/c16-14(19)10-5-7-12(8-6-10)17-13(18)9-21-15(20)11-3-1-2-4-11/h5-8,11H,1-4,9H2,(H2,16,19)(H,17,18). The number of amides is 2. The Balaban J connectivity index is 1.78. The van der Waals surface area contributed by atoms with Gasteiger partial charge in [-0.3, -0.25) is 14.4 Å². The molecule has 3 N–H and O–H groups in total. The number of hydrogen-bond donors (Lipinski definition) is 2. The van der Waals surface area contributed by atoms with Gasteiger partial charge in [0.25, 0.3) is 5.91 Å². The third-order valence-electron chi connectivity index (χ3n) is 3.49. The average Bonchev–Trinajstić information content (AvgIpc) is 2.99. The first kappa shape index (κ1) is 15.0. The van der Waals surface area contributed by atoms with Gasteiger partial charge in [0.05, 0.1) is 5.92 Å². The smallest absolute Gasteiger partial charge is 0.309 e. The molecule has 1 aliphatic rings. The van der Waals surface area contributed by atoms with Crippen molar-refractivity contribution in [3.8, 4) is 0 Å². The van der Waals surface area contributed by atoms with E-state index < -0.39 is 11.8 Å². The molecule has 21 heavy (non-hydrogen) atoms. The number of hydrogen-bond acceptors (Lipinski definition) is 4. The zero-order valence-corrected chi connectivity index (χ0v) is 11.6. The van der Waals surface area contributed by atoms with E-state index in [0.29, 0.717) is 11.3 Å². The van der Waals surface area contributed by atoms with Gasteiger partial charge in [-0.05, 0) is 37.1 Å². The van der Waals surface area contributed by atoms with Crippen molar-refractivity contribution >= 4 is 23.5 Å². The molecule has 2 rings (SSSR count). The molecule has 0 atom stereocenters. The van der Waals surface area contributed by atoms with Gasteiger partial charge in [-0.15, -0.1) is 0 Å². The minimum Gasteiger partial charge on any atom is -0.455 e. The third-order valence-corrected chi connectivity index (χ3v) is 3.49. The third kappa shape index (κ3) is 4.30. The lowest BCUT2D eigenvalue weighted by Gasteiger charge is -2.10. The van der Waals surface area contributed by atoms with E-state index in [2.05, 4.69) is 5.32 Å². The van der Waals surface area contributed by atoms with E-state index in [1.54, 1.807) is 12.1 Å². The number of esters is 1. The quantitative estimate of drug-likeness (QED) is 0.802. The van der Waals surface area contributed by atoms with Crippen LogP contribution in [0.4, 0.5) is 5.69 Å². The Morgan fingerprint density at radius 1 is 1.14 bits per heavy atom. The SMILES string of the molecule is NC(=O)c1ccc(NC(=O)COC(=O)C2CCCC2)cc1. The topological polar surface area (TPSA) is 98.5 Å². The summed E-state index contributed by atoms with van der Waals surface area (Å²) in [4.78, 5) is 34.3. The maximum atomic E-state index is 11.7. The summed E-state index contributed by atoms with van der Waals surface area (Å²) in [6.07, 6.45) is 3.76. The van der Waals surface area contributed by atoms with Gasteiger partial charge in [0.1, 0.15) is 0 Å². The molecule has 1 saturated carbocycles. The van der Waals surface area contributed by atoms with Gasteiger partial charge in [0.15, 0.2) is 6.61 Å². The van der Waals surface area contributed by atoms with Crippen LogP contribution in [0.25, 0.3) is 0 Å². The summed E-state index contributed by atoms with van der Waals surface area (Å²) in [6.45, 7) is -0.299. The van der Waals surface area contributed by atoms with Crippen LogP contribution in [0.3, 0.4) is 0 Å². The summed E-state index contributed by atoms with van der Waals surface area (Å²) in [5.41, 5.74) is 6.00. The van der Waals surface area contributed by atoms with Crippen LogP contribution in [0, 0.1) is 5.92 Å². The van der Waals surface area contributed by atoms with E-state index in [1.807, 2.05) is 0 Å². The second kappa shape index (κ2) is 6.88. The van der Waals surface area contributed by atoms with Crippen molar-refractivity contribution in [3.63, 3.8) is 0 Å². The van der Waals surface area contributed by atoms with E-state index in [9.17, 15) is 14.4 Å². The lowest BCUT2D eigenvalue weighted by atomic mass is 10.1. The van der Waals surface area contributed by atoms with Crippen molar-refractivity contribution in [1.29, 1.82) is 0 Å². The predicted molar refractivity (Wildman–Crippen MR) is 76.5 cm³/mol. The number of anilines is 1. The van der Waals surface area contributed by atoms with Gasteiger partial charge in [-0.1, -0.05) is 12.8 Å². The van der Waals surface area contributed by atoms with Crippen LogP contribution in [0.1, 0.15) is 36.0 Å². The molecule has 0 aliphatic heterocycles. The first-order chi connectivity index (χ1) is 10.1. The second-order valence-corrected chi connectivity index (χ2v) is 5.08. The van der Waals surface area contributed by atoms with Crippen LogP contribution in [0.15, 0.2) is 24.3 Å². The highest BCUT2D eigenvalue weighted by molar-refractivity contribution is 5.95. The molecule has 1 aromatic rings. The van der Waals surface area contributed by atoms with Gasteiger partial charge in [0.2, 0.25) is 5.91 Å². The van der Waals surface area contributed by atoms with Crippen molar-refractivity contribution in [1.82, 2.24) is 0 Å². The predicted octanol–water partition coefficient (Wildman–Crippen LogP) is 1.46. The number of rotatable bonds is 5. The fraction of sp³-hybridized carbons (Fsp3) is 0.400. The molecule has 1 aliphatic carbocycles. The van der Waals surface area contributed by atoms with Gasteiger partial charge >= 0.3 is 5.97 Å². The maximum Gasteiger partial charge on any atom is 0.309 e. The Hall–Kier alpha value is -2.37. The van der Waals surface area contributed by atoms with Crippen LogP contribution in [0.5, 0.6) is 0 Å². The number of ether oxygens (including phenoxy) is 1. The average molecular weight is 290 g/mol. The Morgan fingerprint density at radius 2 is 1.76 bits per heavy atom. The Morgan fingerprint density at radius 3 is 2.33 bits per heavy atom. The Kier molecular flexibility index (Phi) is 4.92. The maximum absolute atomic E-state index is 11.7. The normalized spacial score (nSPS) is 14.7. The van der Waals surface area contributed by atoms with E-state index in [4.69, 9.17) is 10.5 Å². The molecular formula is C15H18N2O4. The van der Waals surface area contributed by atoms with Gasteiger partial charge in [-0.2, -0.15) is 0 Å². The summed E-state index contributed by atoms with van der Waals surface area (Å²) in [6, 6.07) is 6.17. The van der Waals surface area contributed by atoms with Crippen molar-refractivity contribution < 1.29 is 19.1 Å². The molecular weight excluding hydrogens is 272 g/mol. The minimum atomic E-state index is -0.529. The number of benzene rings is 1. The van der Waals surface area contributed by atoms with E-state index in [1.165, 1.54) is 12.1 Å². The number of nitrogens with two attached hydrogens (primary N) is 1. The van der Waals surface area contributed by atoms with Crippen LogP contribution in [-0.2, 0) is 14.3 Å². The van der Waals surface area contributed by atoms with E-state index in [-0.39, 0.29) is 18.5 Å². The molecule has 0 aromatic heterocycles. The summed E-state index contributed by atoms with van der Waals surface area (Å²) in [7, 11) is 0. The van der Waals surface area contributed by atoms with Gasteiger partial charge < -0.3 is 15.8 Å².